The topological polar surface area (TPSA) is 83.5 Å². The molecule has 0 fully saturated rings. The number of carboxylic acids is 1. The molecular weight excluding hydrogens is 234 g/mol. The van der Waals surface area contributed by atoms with Gasteiger partial charge in [-0.25, -0.2) is 0 Å². The van der Waals surface area contributed by atoms with Crippen molar-refractivity contribution in [1.82, 2.24) is 5.32 Å². The van der Waals surface area contributed by atoms with E-state index in [1.54, 1.807) is 37.3 Å². The minimum atomic E-state index is -1.15. The average molecular weight is 249 g/mol. The summed E-state index contributed by atoms with van der Waals surface area (Å²) in [6, 6.07) is 8.62. The second kappa shape index (κ2) is 6.54. The van der Waals surface area contributed by atoms with Crippen molar-refractivity contribution in [3.63, 3.8) is 0 Å². The van der Waals surface area contributed by atoms with Crippen molar-refractivity contribution in [2.45, 2.75) is 13.3 Å². The Morgan fingerprint density at radius 2 is 1.83 bits per heavy atom. The summed E-state index contributed by atoms with van der Waals surface area (Å²) >= 11 is 0. The van der Waals surface area contributed by atoms with Gasteiger partial charge in [-0.15, -0.1) is 0 Å². The maximum atomic E-state index is 11.7. The van der Waals surface area contributed by atoms with E-state index in [9.17, 15) is 14.4 Å². The predicted molar refractivity (Wildman–Crippen MR) is 65.2 cm³/mol. The number of hydrogen-bond acceptors (Lipinski definition) is 3. The zero-order chi connectivity index (χ0) is 13.5. The Bertz CT molecular complexity index is 442. The molecule has 18 heavy (non-hydrogen) atoms. The highest BCUT2D eigenvalue weighted by atomic mass is 16.4. The number of ketones is 1. The zero-order valence-corrected chi connectivity index (χ0v) is 10.1. The summed E-state index contributed by atoms with van der Waals surface area (Å²) in [6.45, 7) is 1.73. The van der Waals surface area contributed by atoms with Gasteiger partial charge >= 0.3 is 5.97 Å². The van der Waals surface area contributed by atoms with Crippen LogP contribution in [0.25, 0.3) is 0 Å². The molecule has 1 unspecified atom stereocenters. The molecule has 0 aliphatic heterocycles. The molecule has 0 heterocycles. The van der Waals surface area contributed by atoms with E-state index in [1.807, 2.05) is 0 Å². The molecule has 1 aromatic rings. The van der Waals surface area contributed by atoms with Crippen molar-refractivity contribution in [2.24, 2.45) is 5.92 Å². The van der Waals surface area contributed by atoms with Gasteiger partial charge < -0.3 is 10.4 Å². The lowest BCUT2D eigenvalue weighted by Crippen LogP contribution is -2.32. The van der Waals surface area contributed by atoms with Crippen molar-refractivity contribution < 1.29 is 19.5 Å². The summed E-state index contributed by atoms with van der Waals surface area (Å²) in [5.74, 6) is -2.32. The molecule has 2 N–H and O–H groups in total. The monoisotopic (exact) mass is 249 g/mol. The quantitative estimate of drug-likeness (QED) is 0.739. The summed E-state index contributed by atoms with van der Waals surface area (Å²) in [5.41, 5.74) is 0.510. The van der Waals surface area contributed by atoms with E-state index in [1.165, 1.54) is 0 Å². The van der Waals surface area contributed by atoms with E-state index in [0.29, 0.717) is 5.56 Å². The minimum absolute atomic E-state index is 0.139. The Balaban J connectivity index is 2.43. The molecular formula is C13H15NO4. The third-order valence-corrected chi connectivity index (χ3v) is 2.48. The number of nitrogens with one attached hydrogen (secondary N) is 1. The first-order valence-electron chi connectivity index (χ1n) is 5.58. The van der Waals surface area contributed by atoms with E-state index in [4.69, 9.17) is 5.11 Å². The number of aliphatic carboxylic acids is 1. The van der Waals surface area contributed by atoms with Crippen LogP contribution in [0, 0.1) is 5.92 Å². The Kier molecular flexibility index (Phi) is 5.05. The van der Waals surface area contributed by atoms with Crippen LogP contribution >= 0.6 is 0 Å². The molecule has 0 radical (unpaired) electrons. The Hall–Kier alpha value is -2.17. The highest BCUT2D eigenvalue weighted by molar-refractivity contribution is 5.97. The highest BCUT2D eigenvalue weighted by Gasteiger charge is 2.17. The maximum absolute atomic E-state index is 11.7. The van der Waals surface area contributed by atoms with Gasteiger partial charge in [0.05, 0.1) is 0 Å². The van der Waals surface area contributed by atoms with Gasteiger partial charge in [-0.1, -0.05) is 25.1 Å². The van der Waals surface area contributed by atoms with Crippen LogP contribution in [0.15, 0.2) is 30.3 Å². The zero-order valence-electron chi connectivity index (χ0n) is 10.1. The Morgan fingerprint density at radius 1 is 1.22 bits per heavy atom. The lowest BCUT2D eigenvalue weighted by molar-refractivity contribution is -0.141. The summed E-state index contributed by atoms with van der Waals surface area (Å²) in [5, 5.41) is 11.1. The number of Topliss-reactive ketones (excluding diaryl/α,β-unsaturated/α-hetero) is 1. The third-order valence-electron chi connectivity index (χ3n) is 2.48. The molecule has 0 spiro atoms. The van der Waals surface area contributed by atoms with E-state index < -0.39 is 24.1 Å². The molecule has 5 nitrogen and oxygen atoms in total. The number of hydrogen-bond donors (Lipinski definition) is 2. The van der Waals surface area contributed by atoms with Gasteiger partial charge in [-0.05, 0) is 12.1 Å². The second-order valence-electron chi connectivity index (χ2n) is 4.01. The van der Waals surface area contributed by atoms with Crippen LogP contribution in [0.3, 0.4) is 0 Å². The normalized spacial score (nSPS) is 11.6. The SMILES string of the molecule is CC(CNC(=O)c1ccccc1)C(=O)CC(=O)O. The lowest BCUT2D eigenvalue weighted by Gasteiger charge is -2.10. The standard InChI is InChI=1S/C13H15NO4/c1-9(11(15)7-12(16)17)8-14-13(18)10-5-3-2-4-6-10/h2-6,9H,7-8H2,1H3,(H,14,18)(H,16,17). The number of amides is 1. The van der Waals surface area contributed by atoms with E-state index in [0.717, 1.165) is 0 Å². The first-order valence-corrected chi connectivity index (χ1v) is 5.58. The fourth-order valence-electron chi connectivity index (χ4n) is 1.37. The van der Waals surface area contributed by atoms with Crippen LogP contribution in [0.5, 0.6) is 0 Å². The number of rotatable bonds is 6. The first kappa shape index (κ1) is 13.9. The molecule has 96 valence electrons. The van der Waals surface area contributed by atoms with Crippen molar-refractivity contribution in [3.8, 4) is 0 Å². The van der Waals surface area contributed by atoms with Crippen LogP contribution in [-0.4, -0.2) is 29.3 Å². The molecule has 0 aromatic heterocycles. The summed E-state index contributed by atoms with van der Waals surface area (Å²) in [4.78, 5) is 33.4. The molecule has 1 atom stereocenters. The van der Waals surface area contributed by atoms with Crippen molar-refractivity contribution in [2.75, 3.05) is 6.54 Å². The van der Waals surface area contributed by atoms with Crippen LogP contribution in [0.2, 0.25) is 0 Å². The maximum Gasteiger partial charge on any atom is 0.310 e. The fraction of sp³-hybridized carbons (Fsp3) is 0.308. The van der Waals surface area contributed by atoms with Crippen molar-refractivity contribution in [1.29, 1.82) is 0 Å². The van der Waals surface area contributed by atoms with E-state index in [-0.39, 0.29) is 12.5 Å². The van der Waals surface area contributed by atoms with Gasteiger partial charge in [0, 0.05) is 18.0 Å². The number of carbonyl (C=O) groups is 3. The summed E-state index contributed by atoms with van der Waals surface area (Å²) < 4.78 is 0. The van der Waals surface area contributed by atoms with Crippen LogP contribution in [-0.2, 0) is 9.59 Å². The Labute approximate surface area is 105 Å². The first-order chi connectivity index (χ1) is 8.50. The number of carbonyl (C=O) groups excluding carboxylic acids is 2. The molecule has 5 heteroatoms. The lowest BCUT2D eigenvalue weighted by atomic mass is 10.0. The predicted octanol–water partition coefficient (Wildman–Crippen LogP) is 1.10. The molecule has 1 aromatic carbocycles. The largest absolute Gasteiger partial charge is 0.481 e. The van der Waals surface area contributed by atoms with Gasteiger partial charge in [0.15, 0.2) is 0 Å². The van der Waals surface area contributed by atoms with Gasteiger partial charge in [0.25, 0.3) is 5.91 Å². The smallest absolute Gasteiger partial charge is 0.310 e. The van der Waals surface area contributed by atoms with Crippen LogP contribution < -0.4 is 5.32 Å². The average Bonchev–Trinajstić information content (AvgIpc) is 2.35. The van der Waals surface area contributed by atoms with Gasteiger partial charge in [0.1, 0.15) is 12.2 Å². The number of benzene rings is 1. The van der Waals surface area contributed by atoms with E-state index in [2.05, 4.69) is 5.32 Å². The fourth-order valence-corrected chi connectivity index (χ4v) is 1.37. The van der Waals surface area contributed by atoms with Crippen molar-refractivity contribution in [3.05, 3.63) is 35.9 Å². The highest BCUT2D eigenvalue weighted by Crippen LogP contribution is 2.02. The summed E-state index contributed by atoms with van der Waals surface area (Å²) in [6.07, 6.45) is -0.512. The van der Waals surface area contributed by atoms with Gasteiger partial charge in [-0.2, -0.15) is 0 Å². The molecule has 0 saturated carbocycles. The second-order valence-corrected chi connectivity index (χ2v) is 4.01. The van der Waals surface area contributed by atoms with Gasteiger partial charge in [0.2, 0.25) is 0 Å². The minimum Gasteiger partial charge on any atom is -0.481 e. The van der Waals surface area contributed by atoms with Crippen molar-refractivity contribution >= 4 is 17.7 Å². The third kappa shape index (κ3) is 4.37. The molecule has 0 saturated heterocycles. The molecule has 0 bridgehead atoms. The molecule has 0 aliphatic carbocycles. The van der Waals surface area contributed by atoms with Gasteiger partial charge in [-0.3, -0.25) is 14.4 Å². The molecule has 1 rings (SSSR count). The Morgan fingerprint density at radius 3 is 2.39 bits per heavy atom. The molecule has 0 aliphatic rings. The van der Waals surface area contributed by atoms with Crippen LogP contribution in [0.1, 0.15) is 23.7 Å². The van der Waals surface area contributed by atoms with Crippen LogP contribution in [0.4, 0.5) is 0 Å². The number of carboxylic acid groups (broad SMARTS) is 1. The van der Waals surface area contributed by atoms with E-state index >= 15 is 0 Å². The summed E-state index contributed by atoms with van der Waals surface area (Å²) in [7, 11) is 0. The molecule has 1 amide bonds.